The standard InChI is InChI=1S/C21H33N3O3/c1-15(2)18(24-9-11-27-12-10-24)14-22-19(25)16-7-6-8-17(13-16)23-20(26)21(3,4)5/h6-8,13,15,18H,9-12,14H2,1-5H3,(H,22,25)(H,23,26). The molecule has 1 unspecified atom stereocenters. The SMILES string of the molecule is CC(C)C(CNC(=O)c1cccc(NC(=O)C(C)(C)C)c1)N1CCOCC1. The number of nitrogens with one attached hydrogen (secondary N) is 2. The molecule has 0 spiro atoms. The van der Waals surface area contributed by atoms with E-state index in [4.69, 9.17) is 4.74 Å². The highest BCUT2D eigenvalue weighted by molar-refractivity contribution is 5.98. The summed E-state index contributed by atoms with van der Waals surface area (Å²) in [5.41, 5.74) is 0.698. The van der Waals surface area contributed by atoms with E-state index in [2.05, 4.69) is 29.4 Å². The van der Waals surface area contributed by atoms with Crippen molar-refractivity contribution in [2.75, 3.05) is 38.2 Å². The average Bonchev–Trinajstić information content (AvgIpc) is 2.61. The number of hydrogen-bond acceptors (Lipinski definition) is 4. The summed E-state index contributed by atoms with van der Waals surface area (Å²) < 4.78 is 5.43. The fraction of sp³-hybridized carbons (Fsp3) is 0.619. The second-order valence-electron chi connectivity index (χ2n) is 8.45. The Labute approximate surface area is 162 Å². The van der Waals surface area contributed by atoms with Gasteiger partial charge in [-0.2, -0.15) is 0 Å². The maximum Gasteiger partial charge on any atom is 0.251 e. The Morgan fingerprint density at radius 1 is 1.19 bits per heavy atom. The molecule has 2 amide bonds. The number of morpholine rings is 1. The van der Waals surface area contributed by atoms with Gasteiger partial charge in [0.2, 0.25) is 5.91 Å². The molecule has 2 N–H and O–H groups in total. The minimum absolute atomic E-state index is 0.0766. The van der Waals surface area contributed by atoms with Crippen LogP contribution in [0, 0.1) is 11.3 Å². The number of amides is 2. The van der Waals surface area contributed by atoms with Gasteiger partial charge < -0.3 is 15.4 Å². The maximum atomic E-state index is 12.6. The third-order valence-electron chi connectivity index (χ3n) is 4.82. The summed E-state index contributed by atoms with van der Waals surface area (Å²) in [5, 5.41) is 5.93. The summed E-state index contributed by atoms with van der Waals surface area (Å²) in [7, 11) is 0. The van der Waals surface area contributed by atoms with Gasteiger partial charge in [-0.15, -0.1) is 0 Å². The van der Waals surface area contributed by atoms with Crippen molar-refractivity contribution in [1.82, 2.24) is 10.2 Å². The first-order valence-corrected chi connectivity index (χ1v) is 9.70. The van der Waals surface area contributed by atoms with Gasteiger partial charge in [-0.3, -0.25) is 14.5 Å². The molecule has 1 fully saturated rings. The van der Waals surface area contributed by atoms with E-state index in [9.17, 15) is 9.59 Å². The quantitative estimate of drug-likeness (QED) is 0.802. The van der Waals surface area contributed by atoms with E-state index in [0.717, 1.165) is 26.3 Å². The van der Waals surface area contributed by atoms with Gasteiger partial charge in [0.25, 0.3) is 5.91 Å². The Balaban J connectivity index is 1.98. The monoisotopic (exact) mass is 375 g/mol. The molecule has 0 aliphatic carbocycles. The van der Waals surface area contributed by atoms with Gasteiger partial charge in [0, 0.05) is 42.3 Å². The van der Waals surface area contributed by atoms with Crippen LogP contribution < -0.4 is 10.6 Å². The van der Waals surface area contributed by atoms with Crippen molar-refractivity contribution in [2.45, 2.75) is 40.7 Å². The molecule has 1 aliphatic heterocycles. The van der Waals surface area contributed by atoms with Gasteiger partial charge in [-0.25, -0.2) is 0 Å². The van der Waals surface area contributed by atoms with Crippen LogP contribution in [0.15, 0.2) is 24.3 Å². The predicted octanol–water partition coefficient (Wildman–Crippen LogP) is 2.76. The first kappa shape index (κ1) is 21.4. The van der Waals surface area contributed by atoms with E-state index in [1.54, 1.807) is 24.3 Å². The Kier molecular flexibility index (Phi) is 7.39. The van der Waals surface area contributed by atoms with Crippen LogP contribution in [0.1, 0.15) is 45.0 Å². The van der Waals surface area contributed by atoms with Gasteiger partial charge in [-0.1, -0.05) is 40.7 Å². The van der Waals surface area contributed by atoms with Crippen LogP contribution in [-0.2, 0) is 9.53 Å². The number of anilines is 1. The lowest BCUT2D eigenvalue weighted by Crippen LogP contribution is -2.51. The highest BCUT2D eigenvalue weighted by Gasteiger charge is 2.25. The average molecular weight is 376 g/mol. The second-order valence-corrected chi connectivity index (χ2v) is 8.45. The van der Waals surface area contributed by atoms with Crippen LogP contribution >= 0.6 is 0 Å². The number of nitrogens with zero attached hydrogens (tertiary/aromatic N) is 1. The number of carbonyl (C=O) groups is 2. The molecule has 1 atom stereocenters. The topological polar surface area (TPSA) is 70.7 Å². The molecule has 6 nitrogen and oxygen atoms in total. The summed E-state index contributed by atoms with van der Waals surface area (Å²) in [6.07, 6.45) is 0. The highest BCUT2D eigenvalue weighted by Crippen LogP contribution is 2.18. The zero-order chi connectivity index (χ0) is 20.0. The van der Waals surface area contributed by atoms with Gasteiger partial charge >= 0.3 is 0 Å². The largest absolute Gasteiger partial charge is 0.379 e. The van der Waals surface area contributed by atoms with Crippen molar-refractivity contribution in [3.05, 3.63) is 29.8 Å². The zero-order valence-corrected chi connectivity index (χ0v) is 17.2. The molecular formula is C21H33N3O3. The van der Waals surface area contributed by atoms with Crippen molar-refractivity contribution in [1.29, 1.82) is 0 Å². The second kappa shape index (κ2) is 9.33. The van der Waals surface area contributed by atoms with Gasteiger partial charge in [0.05, 0.1) is 13.2 Å². The molecule has 1 aromatic carbocycles. The normalized spacial score (nSPS) is 16.8. The fourth-order valence-electron chi connectivity index (χ4n) is 3.05. The lowest BCUT2D eigenvalue weighted by molar-refractivity contribution is -0.123. The molecule has 0 radical (unpaired) electrons. The lowest BCUT2D eigenvalue weighted by Gasteiger charge is -2.36. The first-order chi connectivity index (χ1) is 12.7. The maximum absolute atomic E-state index is 12.6. The number of benzene rings is 1. The van der Waals surface area contributed by atoms with Gasteiger partial charge in [0.15, 0.2) is 0 Å². The van der Waals surface area contributed by atoms with Crippen LogP contribution in [0.25, 0.3) is 0 Å². The smallest absolute Gasteiger partial charge is 0.251 e. The van der Waals surface area contributed by atoms with Crippen LogP contribution in [0.5, 0.6) is 0 Å². The van der Waals surface area contributed by atoms with E-state index in [1.807, 2.05) is 20.8 Å². The summed E-state index contributed by atoms with van der Waals surface area (Å²) >= 11 is 0. The summed E-state index contributed by atoms with van der Waals surface area (Å²) in [4.78, 5) is 27.2. The first-order valence-electron chi connectivity index (χ1n) is 9.70. The Morgan fingerprint density at radius 3 is 2.44 bits per heavy atom. The van der Waals surface area contributed by atoms with E-state index in [1.165, 1.54) is 0 Å². The molecule has 0 bridgehead atoms. The van der Waals surface area contributed by atoms with E-state index < -0.39 is 5.41 Å². The highest BCUT2D eigenvalue weighted by atomic mass is 16.5. The molecule has 0 aromatic heterocycles. The van der Waals surface area contributed by atoms with Gasteiger partial charge in [0.1, 0.15) is 0 Å². The molecule has 0 saturated carbocycles. The predicted molar refractivity (Wildman–Crippen MR) is 108 cm³/mol. The number of hydrogen-bond donors (Lipinski definition) is 2. The third kappa shape index (κ3) is 6.33. The minimum atomic E-state index is -0.485. The molecule has 1 saturated heterocycles. The molecule has 6 heteroatoms. The molecule has 1 aromatic rings. The van der Waals surface area contributed by atoms with E-state index in [0.29, 0.717) is 23.7 Å². The number of ether oxygens (including phenoxy) is 1. The van der Waals surface area contributed by atoms with E-state index >= 15 is 0 Å². The number of carbonyl (C=O) groups excluding carboxylic acids is 2. The minimum Gasteiger partial charge on any atom is -0.379 e. The molecule has 2 rings (SSSR count). The third-order valence-corrected chi connectivity index (χ3v) is 4.82. The van der Waals surface area contributed by atoms with Crippen LogP contribution in [0.2, 0.25) is 0 Å². The fourth-order valence-corrected chi connectivity index (χ4v) is 3.05. The molecule has 1 aliphatic rings. The summed E-state index contributed by atoms with van der Waals surface area (Å²) in [6, 6.07) is 7.35. The Morgan fingerprint density at radius 2 is 1.85 bits per heavy atom. The lowest BCUT2D eigenvalue weighted by atomic mass is 9.95. The van der Waals surface area contributed by atoms with Crippen LogP contribution in [0.4, 0.5) is 5.69 Å². The van der Waals surface area contributed by atoms with Crippen molar-refractivity contribution in [3.63, 3.8) is 0 Å². The summed E-state index contributed by atoms with van der Waals surface area (Å²) in [5.74, 6) is 0.230. The van der Waals surface area contributed by atoms with Crippen molar-refractivity contribution < 1.29 is 14.3 Å². The zero-order valence-electron chi connectivity index (χ0n) is 17.2. The van der Waals surface area contributed by atoms with Crippen molar-refractivity contribution in [2.24, 2.45) is 11.3 Å². The van der Waals surface area contributed by atoms with Gasteiger partial charge in [-0.05, 0) is 24.1 Å². The summed E-state index contributed by atoms with van der Waals surface area (Å²) in [6.45, 7) is 13.8. The van der Waals surface area contributed by atoms with E-state index in [-0.39, 0.29) is 17.9 Å². The molecule has 27 heavy (non-hydrogen) atoms. The van der Waals surface area contributed by atoms with Crippen LogP contribution in [0.3, 0.4) is 0 Å². The van der Waals surface area contributed by atoms with Crippen LogP contribution in [-0.4, -0.2) is 55.6 Å². The van der Waals surface area contributed by atoms with Crippen molar-refractivity contribution >= 4 is 17.5 Å². The molecule has 1 heterocycles. The number of rotatable bonds is 6. The Hall–Kier alpha value is -1.92. The molecular weight excluding hydrogens is 342 g/mol. The van der Waals surface area contributed by atoms with Crippen molar-refractivity contribution in [3.8, 4) is 0 Å². The molecule has 150 valence electrons. The Bertz CT molecular complexity index is 646.